The average molecular weight is 471 g/mol. The van der Waals surface area contributed by atoms with E-state index in [1.54, 1.807) is 14.0 Å². The lowest BCUT2D eigenvalue weighted by atomic mass is 9.69. The Bertz CT molecular complexity index is 1280. The van der Waals surface area contributed by atoms with Crippen LogP contribution in [-0.4, -0.2) is 29.2 Å². The third-order valence-electron chi connectivity index (χ3n) is 6.95. The van der Waals surface area contributed by atoms with Crippen molar-refractivity contribution in [3.63, 3.8) is 0 Å². The number of carbonyl (C=O) groups is 1. The van der Waals surface area contributed by atoms with Crippen molar-refractivity contribution in [1.82, 2.24) is 10.2 Å². The first-order valence-corrected chi connectivity index (χ1v) is 12.4. The standard InChI is InChI=1S/C29H30N2O4/c1-20-30-31-28(34-20)22-8-5-7-21(17-22)14-16-29(15-6-9-24(32)19-29)23-12-13-26(33-2)27(18-23)35-25-10-3-4-11-25/h5,7-8,12-13,17-18,25H,3-4,6,9-11,15,19H2,1-2H3. The molecule has 1 heterocycles. The smallest absolute Gasteiger partial charge is 0.247 e. The van der Waals surface area contributed by atoms with Gasteiger partial charge in [0.25, 0.3) is 0 Å². The van der Waals surface area contributed by atoms with Crippen LogP contribution >= 0.6 is 0 Å². The summed E-state index contributed by atoms with van der Waals surface area (Å²) in [7, 11) is 1.66. The van der Waals surface area contributed by atoms with Crippen LogP contribution in [-0.2, 0) is 10.2 Å². The van der Waals surface area contributed by atoms with Gasteiger partial charge in [0.2, 0.25) is 11.8 Å². The molecular formula is C29H30N2O4. The molecule has 6 nitrogen and oxygen atoms in total. The second kappa shape index (κ2) is 9.95. The Morgan fingerprint density at radius 3 is 2.66 bits per heavy atom. The van der Waals surface area contributed by atoms with Gasteiger partial charge in [0.05, 0.1) is 18.6 Å². The molecule has 1 atom stereocenters. The minimum absolute atomic E-state index is 0.213. The van der Waals surface area contributed by atoms with E-state index in [0.717, 1.165) is 48.1 Å². The molecule has 0 amide bonds. The van der Waals surface area contributed by atoms with E-state index in [1.807, 2.05) is 42.5 Å². The van der Waals surface area contributed by atoms with Crippen LogP contribution in [0.5, 0.6) is 11.5 Å². The summed E-state index contributed by atoms with van der Waals surface area (Å²) in [6, 6.07) is 13.8. The maximum absolute atomic E-state index is 12.6. The number of methoxy groups -OCH3 is 1. The lowest BCUT2D eigenvalue weighted by Gasteiger charge is -2.33. The van der Waals surface area contributed by atoms with Crippen LogP contribution in [0.2, 0.25) is 0 Å². The summed E-state index contributed by atoms with van der Waals surface area (Å²) in [6.45, 7) is 1.77. The van der Waals surface area contributed by atoms with Crippen molar-refractivity contribution in [2.75, 3.05) is 7.11 Å². The van der Waals surface area contributed by atoms with Crippen LogP contribution in [0, 0.1) is 18.8 Å². The predicted molar refractivity (Wildman–Crippen MR) is 132 cm³/mol. The van der Waals surface area contributed by atoms with E-state index in [-0.39, 0.29) is 11.9 Å². The maximum atomic E-state index is 12.6. The van der Waals surface area contributed by atoms with Crippen molar-refractivity contribution >= 4 is 5.78 Å². The summed E-state index contributed by atoms with van der Waals surface area (Å²) in [5.41, 5.74) is 2.11. The Morgan fingerprint density at radius 2 is 1.91 bits per heavy atom. The molecule has 3 aromatic rings. The zero-order valence-corrected chi connectivity index (χ0v) is 20.3. The number of carbonyl (C=O) groups excluding carboxylic acids is 1. The highest BCUT2D eigenvalue weighted by molar-refractivity contribution is 5.82. The second-order valence-corrected chi connectivity index (χ2v) is 9.50. The number of aryl methyl sites for hydroxylation is 1. The van der Waals surface area contributed by atoms with Gasteiger partial charge in [-0.25, -0.2) is 0 Å². The zero-order chi connectivity index (χ0) is 24.3. The molecule has 35 heavy (non-hydrogen) atoms. The first kappa shape index (κ1) is 23.2. The van der Waals surface area contributed by atoms with Crippen molar-refractivity contribution < 1.29 is 18.7 Å². The number of aromatic nitrogens is 2. The summed E-state index contributed by atoms with van der Waals surface area (Å²) < 4.78 is 17.5. The van der Waals surface area contributed by atoms with E-state index in [1.165, 1.54) is 12.8 Å². The molecule has 2 aromatic carbocycles. The number of benzene rings is 2. The molecular weight excluding hydrogens is 440 g/mol. The first-order valence-electron chi connectivity index (χ1n) is 12.4. The van der Waals surface area contributed by atoms with Gasteiger partial charge in [0, 0.05) is 30.9 Å². The van der Waals surface area contributed by atoms with Crippen LogP contribution in [0.25, 0.3) is 11.5 Å². The molecule has 0 aliphatic heterocycles. The number of nitrogens with zero attached hydrogens (tertiary/aromatic N) is 2. The van der Waals surface area contributed by atoms with Crippen LogP contribution < -0.4 is 9.47 Å². The molecule has 2 fully saturated rings. The lowest BCUT2D eigenvalue weighted by molar-refractivity contribution is -0.121. The first-order chi connectivity index (χ1) is 17.0. The molecule has 2 aliphatic carbocycles. The van der Waals surface area contributed by atoms with Gasteiger partial charge in [-0.05, 0) is 74.4 Å². The van der Waals surface area contributed by atoms with Crippen molar-refractivity contribution in [3.05, 3.63) is 59.5 Å². The molecule has 0 radical (unpaired) electrons. The summed E-state index contributed by atoms with van der Waals surface area (Å²) in [5, 5.41) is 8.03. The third-order valence-corrected chi connectivity index (χ3v) is 6.95. The highest BCUT2D eigenvalue weighted by atomic mass is 16.5. The Hall–Kier alpha value is -3.59. The van der Waals surface area contributed by atoms with Crippen LogP contribution in [0.15, 0.2) is 46.9 Å². The van der Waals surface area contributed by atoms with E-state index in [2.05, 4.69) is 22.0 Å². The van der Waals surface area contributed by atoms with Gasteiger partial charge in [-0.1, -0.05) is 24.0 Å². The molecule has 2 aliphatic rings. The maximum Gasteiger partial charge on any atom is 0.247 e. The fourth-order valence-corrected chi connectivity index (χ4v) is 5.11. The lowest BCUT2D eigenvalue weighted by Crippen LogP contribution is -2.32. The molecule has 6 heteroatoms. The Morgan fingerprint density at radius 1 is 1.06 bits per heavy atom. The van der Waals surface area contributed by atoms with E-state index < -0.39 is 5.41 Å². The number of ketones is 1. The van der Waals surface area contributed by atoms with Gasteiger partial charge in [-0.15, -0.1) is 10.2 Å². The molecule has 0 N–H and O–H groups in total. The van der Waals surface area contributed by atoms with Gasteiger partial charge in [0.1, 0.15) is 5.78 Å². The molecule has 1 aromatic heterocycles. The fourth-order valence-electron chi connectivity index (χ4n) is 5.11. The van der Waals surface area contributed by atoms with Crippen LogP contribution in [0.4, 0.5) is 0 Å². The van der Waals surface area contributed by atoms with E-state index in [0.29, 0.717) is 30.4 Å². The monoisotopic (exact) mass is 470 g/mol. The molecule has 0 spiro atoms. The van der Waals surface area contributed by atoms with Crippen molar-refractivity contribution in [3.8, 4) is 34.8 Å². The molecule has 180 valence electrons. The van der Waals surface area contributed by atoms with Crippen molar-refractivity contribution in [1.29, 1.82) is 0 Å². The Labute approximate surface area is 206 Å². The molecule has 1 unspecified atom stereocenters. The summed E-state index contributed by atoms with van der Waals surface area (Å²) >= 11 is 0. The van der Waals surface area contributed by atoms with E-state index in [9.17, 15) is 4.79 Å². The molecule has 0 saturated heterocycles. The molecule has 0 bridgehead atoms. The predicted octanol–water partition coefficient (Wildman–Crippen LogP) is 5.81. The van der Waals surface area contributed by atoms with Gasteiger partial charge in [0.15, 0.2) is 11.5 Å². The van der Waals surface area contributed by atoms with E-state index in [4.69, 9.17) is 13.9 Å². The van der Waals surface area contributed by atoms with Crippen molar-refractivity contribution in [2.45, 2.75) is 69.8 Å². The third kappa shape index (κ3) is 5.09. The normalized spacial score (nSPS) is 20.3. The minimum atomic E-state index is -0.563. The van der Waals surface area contributed by atoms with Crippen molar-refractivity contribution in [2.24, 2.45) is 0 Å². The zero-order valence-electron chi connectivity index (χ0n) is 20.3. The Kier molecular flexibility index (Phi) is 6.59. The minimum Gasteiger partial charge on any atom is -0.493 e. The fraction of sp³-hybridized carbons (Fsp3) is 0.414. The summed E-state index contributed by atoms with van der Waals surface area (Å²) in [5.74, 6) is 9.55. The molecule has 2 saturated carbocycles. The number of rotatable bonds is 5. The second-order valence-electron chi connectivity index (χ2n) is 9.50. The SMILES string of the molecule is COc1ccc(C2(C#Cc3cccc(-c4nnc(C)o4)c3)CCCC(=O)C2)cc1OC1CCCC1. The highest BCUT2D eigenvalue weighted by Crippen LogP contribution is 2.42. The summed E-state index contributed by atoms with van der Waals surface area (Å²) in [6.07, 6.45) is 7.37. The number of hydrogen-bond acceptors (Lipinski definition) is 6. The van der Waals surface area contributed by atoms with Gasteiger partial charge in [-0.3, -0.25) is 4.79 Å². The molecule has 5 rings (SSSR count). The quantitative estimate of drug-likeness (QED) is 0.438. The van der Waals surface area contributed by atoms with Crippen LogP contribution in [0.1, 0.15) is 68.4 Å². The van der Waals surface area contributed by atoms with Gasteiger partial charge >= 0.3 is 0 Å². The Balaban J connectivity index is 1.51. The van der Waals surface area contributed by atoms with Gasteiger partial charge in [-0.2, -0.15) is 0 Å². The largest absolute Gasteiger partial charge is 0.493 e. The average Bonchev–Trinajstić information content (AvgIpc) is 3.55. The topological polar surface area (TPSA) is 74.5 Å². The number of hydrogen-bond donors (Lipinski definition) is 0. The highest BCUT2D eigenvalue weighted by Gasteiger charge is 2.37. The number of Topliss-reactive ketones (excluding diaryl/α,β-unsaturated/α-hetero) is 1. The van der Waals surface area contributed by atoms with E-state index >= 15 is 0 Å². The summed E-state index contributed by atoms with van der Waals surface area (Å²) in [4.78, 5) is 12.6. The van der Waals surface area contributed by atoms with Crippen LogP contribution in [0.3, 0.4) is 0 Å². The van der Waals surface area contributed by atoms with Gasteiger partial charge < -0.3 is 13.9 Å². The number of ether oxygens (including phenoxy) is 2.